The van der Waals surface area contributed by atoms with Crippen LogP contribution in [0.2, 0.25) is 0 Å². The highest BCUT2D eigenvalue weighted by atomic mass is 16.7. The van der Waals surface area contributed by atoms with Crippen LogP contribution in [-0.2, 0) is 6.42 Å². The van der Waals surface area contributed by atoms with Crippen molar-refractivity contribution >= 4 is 16.8 Å². The molecule has 1 N–H and O–H groups in total. The zero-order valence-corrected chi connectivity index (χ0v) is 17.9. The number of benzene rings is 3. The average molecular weight is 425 g/mol. The number of hydrogen-bond acceptors (Lipinski definition) is 4. The predicted octanol–water partition coefficient (Wildman–Crippen LogP) is 5.38. The van der Waals surface area contributed by atoms with Crippen LogP contribution in [0.25, 0.3) is 22.2 Å². The van der Waals surface area contributed by atoms with E-state index in [4.69, 9.17) is 14.5 Å². The standard InChI is InChI=1S/C27H24N2O3/c1-18(11-12-19-7-3-2-4-8-19)28-27(30)22-16-24(29-23-10-6-5-9-21(22)23)20-13-14-25-26(15-20)32-17-31-25/h2-10,13-16,18H,11-12,17H2,1H3,(H,28,30). The Morgan fingerprint density at radius 2 is 1.75 bits per heavy atom. The summed E-state index contributed by atoms with van der Waals surface area (Å²) in [5.41, 5.74) is 4.28. The molecule has 32 heavy (non-hydrogen) atoms. The average Bonchev–Trinajstić information content (AvgIpc) is 3.30. The van der Waals surface area contributed by atoms with Crippen LogP contribution in [0.1, 0.15) is 29.3 Å². The first kappa shape index (κ1) is 20.1. The molecule has 4 aromatic rings. The van der Waals surface area contributed by atoms with Crippen molar-refractivity contribution in [3.8, 4) is 22.8 Å². The Balaban J connectivity index is 1.41. The van der Waals surface area contributed by atoms with Gasteiger partial charge >= 0.3 is 0 Å². The fourth-order valence-corrected chi connectivity index (χ4v) is 3.97. The van der Waals surface area contributed by atoms with Crippen LogP contribution in [-0.4, -0.2) is 23.7 Å². The Morgan fingerprint density at radius 1 is 0.969 bits per heavy atom. The molecule has 5 rings (SSSR count). The van der Waals surface area contributed by atoms with Crippen LogP contribution in [0.15, 0.2) is 78.9 Å². The molecule has 1 aliphatic rings. The van der Waals surface area contributed by atoms with Crippen LogP contribution in [0.3, 0.4) is 0 Å². The number of ether oxygens (including phenoxy) is 2. The molecule has 1 amide bonds. The maximum Gasteiger partial charge on any atom is 0.252 e. The third-order valence-electron chi connectivity index (χ3n) is 5.72. The molecule has 0 aliphatic carbocycles. The smallest absolute Gasteiger partial charge is 0.252 e. The van der Waals surface area contributed by atoms with E-state index in [9.17, 15) is 4.79 Å². The topological polar surface area (TPSA) is 60.5 Å². The third-order valence-corrected chi connectivity index (χ3v) is 5.72. The largest absolute Gasteiger partial charge is 0.454 e. The number of aryl methyl sites for hydroxylation is 1. The van der Waals surface area contributed by atoms with E-state index in [1.54, 1.807) is 0 Å². The summed E-state index contributed by atoms with van der Waals surface area (Å²) in [5, 5.41) is 4.01. The van der Waals surface area contributed by atoms with Gasteiger partial charge in [0.2, 0.25) is 6.79 Å². The van der Waals surface area contributed by atoms with Crippen LogP contribution in [0.4, 0.5) is 0 Å². The van der Waals surface area contributed by atoms with Gasteiger partial charge < -0.3 is 14.8 Å². The van der Waals surface area contributed by atoms with E-state index in [1.165, 1.54) is 5.56 Å². The van der Waals surface area contributed by atoms with E-state index < -0.39 is 0 Å². The summed E-state index contributed by atoms with van der Waals surface area (Å²) >= 11 is 0. The number of para-hydroxylation sites is 1. The van der Waals surface area contributed by atoms with Gasteiger partial charge in [0.15, 0.2) is 11.5 Å². The molecule has 1 unspecified atom stereocenters. The first-order chi connectivity index (χ1) is 15.7. The number of aromatic nitrogens is 1. The summed E-state index contributed by atoms with van der Waals surface area (Å²) in [7, 11) is 0. The van der Waals surface area contributed by atoms with E-state index >= 15 is 0 Å². The Morgan fingerprint density at radius 3 is 2.62 bits per heavy atom. The summed E-state index contributed by atoms with van der Waals surface area (Å²) in [6, 6.07) is 25.7. The first-order valence-corrected chi connectivity index (χ1v) is 10.8. The number of amides is 1. The van der Waals surface area contributed by atoms with Crippen LogP contribution in [0.5, 0.6) is 11.5 Å². The third kappa shape index (κ3) is 4.14. The molecular weight excluding hydrogens is 400 g/mol. The van der Waals surface area contributed by atoms with Gasteiger partial charge in [0.25, 0.3) is 5.91 Å². The summed E-state index contributed by atoms with van der Waals surface area (Å²) < 4.78 is 10.9. The van der Waals surface area contributed by atoms with Gasteiger partial charge in [-0.15, -0.1) is 0 Å². The molecule has 5 heteroatoms. The molecule has 5 nitrogen and oxygen atoms in total. The minimum atomic E-state index is -0.0915. The lowest BCUT2D eigenvalue weighted by Gasteiger charge is -2.16. The highest BCUT2D eigenvalue weighted by Gasteiger charge is 2.18. The first-order valence-electron chi connectivity index (χ1n) is 10.8. The van der Waals surface area contributed by atoms with Crippen LogP contribution >= 0.6 is 0 Å². The quantitative estimate of drug-likeness (QED) is 0.451. The molecule has 0 fully saturated rings. The van der Waals surface area contributed by atoms with Crippen molar-refractivity contribution in [1.82, 2.24) is 10.3 Å². The molecule has 160 valence electrons. The van der Waals surface area contributed by atoms with Gasteiger partial charge in [-0.2, -0.15) is 0 Å². The lowest BCUT2D eigenvalue weighted by molar-refractivity contribution is 0.0940. The molecule has 3 aromatic carbocycles. The highest BCUT2D eigenvalue weighted by Crippen LogP contribution is 2.36. The minimum Gasteiger partial charge on any atom is -0.454 e. The fourth-order valence-electron chi connectivity index (χ4n) is 3.97. The van der Waals surface area contributed by atoms with E-state index in [0.717, 1.165) is 40.8 Å². The molecular formula is C27H24N2O3. The van der Waals surface area contributed by atoms with Crippen molar-refractivity contribution in [3.05, 3.63) is 90.0 Å². The second-order valence-electron chi connectivity index (χ2n) is 8.04. The highest BCUT2D eigenvalue weighted by molar-refractivity contribution is 6.07. The maximum atomic E-state index is 13.3. The number of nitrogens with one attached hydrogen (secondary N) is 1. The summed E-state index contributed by atoms with van der Waals surface area (Å²) in [6.45, 7) is 2.27. The van der Waals surface area contributed by atoms with E-state index in [-0.39, 0.29) is 18.7 Å². The molecule has 1 aliphatic heterocycles. The van der Waals surface area contributed by atoms with Gasteiger partial charge in [-0.1, -0.05) is 48.5 Å². The number of nitrogens with zero attached hydrogens (tertiary/aromatic N) is 1. The Labute approximate surface area is 187 Å². The van der Waals surface area contributed by atoms with Gasteiger partial charge in [-0.05, 0) is 55.7 Å². The van der Waals surface area contributed by atoms with Gasteiger partial charge in [0, 0.05) is 17.0 Å². The number of pyridine rings is 1. The molecule has 0 saturated carbocycles. The molecule has 0 bridgehead atoms. The normalized spacial score (nSPS) is 13.2. The second-order valence-corrected chi connectivity index (χ2v) is 8.04. The summed E-state index contributed by atoms with van der Waals surface area (Å²) in [4.78, 5) is 18.1. The molecule has 1 aromatic heterocycles. The zero-order valence-electron chi connectivity index (χ0n) is 17.9. The summed E-state index contributed by atoms with van der Waals surface area (Å²) in [6.07, 6.45) is 1.79. The van der Waals surface area contributed by atoms with Crippen molar-refractivity contribution in [2.24, 2.45) is 0 Å². The Kier molecular flexibility index (Phi) is 5.46. The summed E-state index contributed by atoms with van der Waals surface area (Å²) in [5.74, 6) is 1.32. The molecule has 0 radical (unpaired) electrons. The number of hydrogen-bond donors (Lipinski definition) is 1. The monoisotopic (exact) mass is 424 g/mol. The van der Waals surface area contributed by atoms with Crippen molar-refractivity contribution in [2.75, 3.05) is 6.79 Å². The van der Waals surface area contributed by atoms with Crippen molar-refractivity contribution < 1.29 is 14.3 Å². The molecule has 2 heterocycles. The van der Waals surface area contributed by atoms with E-state index in [1.807, 2.05) is 73.7 Å². The minimum absolute atomic E-state index is 0.0450. The lowest BCUT2D eigenvalue weighted by Crippen LogP contribution is -2.33. The van der Waals surface area contributed by atoms with E-state index in [0.29, 0.717) is 11.3 Å². The van der Waals surface area contributed by atoms with Crippen molar-refractivity contribution in [3.63, 3.8) is 0 Å². The fraction of sp³-hybridized carbons (Fsp3) is 0.185. The molecule has 0 spiro atoms. The second kappa shape index (κ2) is 8.71. The Bertz CT molecular complexity index is 1270. The SMILES string of the molecule is CC(CCc1ccccc1)NC(=O)c1cc(-c2ccc3c(c2)OCO3)nc2ccccc12. The van der Waals surface area contributed by atoms with Crippen LogP contribution < -0.4 is 14.8 Å². The van der Waals surface area contributed by atoms with Gasteiger partial charge in [-0.3, -0.25) is 4.79 Å². The van der Waals surface area contributed by atoms with Crippen molar-refractivity contribution in [1.29, 1.82) is 0 Å². The molecule has 1 atom stereocenters. The maximum absolute atomic E-state index is 13.3. The van der Waals surface area contributed by atoms with Gasteiger partial charge in [0.1, 0.15) is 0 Å². The van der Waals surface area contributed by atoms with Gasteiger partial charge in [-0.25, -0.2) is 4.98 Å². The number of carbonyl (C=O) groups excluding carboxylic acids is 1. The van der Waals surface area contributed by atoms with Crippen molar-refractivity contribution in [2.45, 2.75) is 25.8 Å². The number of carbonyl (C=O) groups is 1. The molecule has 0 saturated heterocycles. The zero-order chi connectivity index (χ0) is 21.9. The predicted molar refractivity (Wildman–Crippen MR) is 125 cm³/mol. The number of fused-ring (bicyclic) bond motifs is 2. The Hall–Kier alpha value is -3.86. The lowest BCUT2D eigenvalue weighted by atomic mass is 10.0. The number of rotatable bonds is 6. The van der Waals surface area contributed by atoms with Gasteiger partial charge in [0.05, 0.1) is 16.8 Å². The van der Waals surface area contributed by atoms with E-state index in [2.05, 4.69) is 17.4 Å². The van der Waals surface area contributed by atoms with Crippen LogP contribution in [0, 0.1) is 0 Å².